The monoisotopic (exact) mass is 172 g/mol. The van der Waals surface area contributed by atoms with E-state index in [1.54, 1.807) is 0 Å². The lowest BCUT2D eigenvalue weighted by molar-refractivity contribution is -0.106. The van der Waals surface area contributed by atoms with E-state index in [4.69, 9.17) is 4.74 Å². The van der Waals surface area contributed by atoms with Gasteiger partial charge < -0.3 is 4.74 Å². The molecule has 0 N–H and O–H groups in total. The van der Waals surface area contributed by atoms with Crippen LogP contribution < -0.4 is 0 Å². The molecule has 0 unspecified atom stereocenters. The summed E-state index contributed by atoms with van der Waals surface area (Å²) >= 11 is 0. The summed E-state index contributed by atoms with van der Waals surface area (Å²) in [5.74, 6) is 0. The average Bonchev–Trinajstić information content (AvgIpc) is 2.08. The van der Waals surface area contributed by atoms with Gasteiger partial charge in [0.05, 0.1) is 5.60 Å². The lowest BCUT2D eigenvalue weighted by Crippen LogP contribution is -2.45. The number of hydrogen-bond donors (Lipinski definition) is 0. The van der Waals surface area contributed by atoms with Crippen molar-refractivity contribution in [2.75, 3.05) is 7.11 Å². The Balaban J connectivity index is 4.69. The summed E-state index contributed by atoms with van der Waals surface area (Å²) in [7, 11) is 1.84. The molecule has 1 nitrogen and oxygen atoms in total. The zero-order valence-corrected chi connectivity index (χ0v) is 9.53. The molecule has 0 heterocycles. The van der Waals surface area contributed by atoms with Crippen molar-refractivity contribution in [1.82, 2.24) is 0 Å². The highest BCUT2D eigenvalue weighted by atomic mass is 16.5. The summed E-state index contributed by atoms with van der Waals surface area (Å²) in [6, 6.07) is 0. The van der Waals surface area contributed by atoms with Crippen LogP contribution in [0.4, 0.5) is 0 Å². The van der Waals surface area contributed by atoms with Crippen LogP contribution in [0.15, 0.2) is 0 Å². The van der Waals surface area contributed by atoms with Gasteiger partial charge in [0.2, 0.25) is 0 Å². The van der Waals surface area contributed by atoms with Crippen LogP contribution in [0, 0.1) is 5.41 Å². The Hall–Kier alpha value is -0.0400. The Morgan fingerprint density at radius 3 is 1.42 bits per heavy atom. The second-order valence-electron chi connectivity index (χ2n) is 4.14. The van der Waals surface area contributed by atoms with Crippen LogP contribution in [0.1, 0.15) is 53.9 Å². The van der Waals surface area contributed by atoms with E-state index >= 15 is 0 Å². The highest BCUT2D eigenvalue weighted by Crippen LogP contribution is 2.41. The van der Waals surface area contributed by atoms with Gasteiger partial charge in [0.25, 0.3) is 0 Å². The van der Waals surface area contributed by atoms with Crippen LogP contribution in [0.2, 0.25) is 0 Å². The van der Waals surface area contributed by atoms with E-state index in [0.29, 0.717) is 0 Å². The van der Waals surface area contributed by atoms with Crippen LogP contribution in [0.25, 0.3) is 0 Å². The maximum absolute atomic E-state index is 5.69. The fourth-order valence-corrected chi connectivity index (χ4v) is 2.09. The second-order valence-corrected chi connectivity index (χ2v) is 4.14. The van der Waals surface area contributed by atoms with Crippen molar-refractivity contribution in [3.8, 4) is 0 Å². The summed E-state index contributed by atoms with van der Waals surface area (Å²) in [6.07, 6.45) is 3.37. The van der Waals surface area contributed by atoms with Gasteiger partial charge in [-0.05, 0) is 24.7 Å². The van der Waals surface area contributed by atoms with Gasteiger partial charge in [0.1, 0.15) is 0 Å². The molecule has 0 bridgehead atoms. The Labute approximate surface area is 77.5 Å². The number of hydrogen-bond acceptors (Lipinski definition) is 1. The maximum Gasteiger partial charge on any atom is 0.0724 e. The molecule has 0 spiro atoms. The highest BCUT2D eigenvalue weighted by Gasteiger charge is 2.40. The smallest absolute Gasteiger partial charge is 0.0724 e. The molecule has 0 saturated carbocycles. The molecule has 0 aromatic rings. The van der Waals surface area contributed by atoms with Crippen molar-refractivity contribution < 1.29 is 4.74 Å². The first-order chi connectivity index (χ1) is 5.49. The van der Waals surface area contributed by atoms with Crippen LogP contribution >= 0.6 is 0 Å². The summed E-state index contributed by atoms with van der Waals surface area (Å²) in [5.41, 5.74) is 0.354. The zero-order chi connectivity index (χ0) is 9.83. The summed E-state index contributed by atoms with van der Waals surface area (Å²) in [4.78, 5) is 0. The molecule has 0 atom stereocenters. The van der Waals surface area contributed by atoms with Crippen molar-refractivity contribution in [2.45, 2.75) is 59.5 Å². The zero-order valence-electron chi connectivity index (χ0n) is 9.53. The molecule has 0 fully saturated rings. The van der Waals surface area contributed by atoms with Crippen LogP contribution in [-0.2, 0) is 4.74 Å². The minimum absolute atomic E-state index is 0.0712. The molecule has 0 aromatic heterocycles. The fraction of sp³-hybridized carbons (Fsp3) is 1.00. The standard InChI is InChI=1S/C11H24O/c1-7-10(4,5)11(8-2,9-3)12-6/h7-9H2,1-6H3. The van der Waals surface area contributed by atoms with E-state index in [0.717, 1.165) is 12.8 Å². The Morgan fingerprint density at radius 2 is 1.33 bits per heavy atom. The van der Waals surface area contributed by atoms with Crippen molar-refractivity contribution >= 4 is 0 Å². The Kier molecular flexibility index (Phi) is 4.25. The maximum atomic E-state index is 5.69. The molecule has 74 valence electrons. The molecule has 0 aliphatic heterocycles. The quantitative estimate of drug-likeness (QED) is 0.615. The predicted molar refractivity (Wildman–Crippen MR) is 54.4 cm³/mol. The van der Waals surface area contributed by atoms with Gasteiger partial charge in [0.15, 0.2) is 0 Å². The molecular weight excluding hydrogens is 148 g/mol. The molecule has 0 radical (unpaired) electrons. The molecule has 12 heavy (non-hydrogen) atoms. The second kappa shape index (κ2) is 4.27. The first kappa shape index (κ1) is 12.0. The van der Waals surface area contributed by atoms with Crippen LogP contribution in [0.3, 0.4) is 0 Å². The lowest BCUT2D eigenvalue weighted by atomic mass is 9.70. The van der Waals surface area contributed by atoms with E-state index < -0.39 is 0 Å². The van der Waals surface area contributed by atoms with Crippen molar-refractivity contribution in [3.05, 3.63) is 0 Å². The Morgan fingerprint density at radius 1 is 0.917 bits per heavy atom. The largest absolute Gasteiger partial charge is 0.378 e. The predicted octanol–water partition coefficient (Wildman–Crippen LogP) is 3.63. The lowest BCUT2D eigenvalue weighted by Gasteiger charge is -2.44. The topological polar surface area (TPSA) is 9.23 Å². The normalized spacial score (nSPS) is 13.5. The SMILES string of the molecule is CCC(C)(C)C(CC)(CC)OC. The van der Waals surface area contributed by atoms with Crippen molar-refractivity contribution in [1.29, 1.82) is 0 Å². The van der Waals surface area contributed by atoms with Gasteiger partial charge in [-0.2, -0.15) is 0 Å². The Bertz CT molecular complexity index is 115. The molecular formula is C11H24O. The molecule has 0 aliphatic rings. The minimum Gasteiger partial charge on any atom is -0.378 e. The van der Waals surface area contributed by atoms with Crippen molar-refractivity contribution in [3.63, 3.8) is 0 Å². The first-order valence-electron chi connectivity index (χ1n) is 5.04. The van der Waals surface area contributed by atoms with Crippen LogP contribution in [0.5, 0.6) is 0 Å². The molecule has 0 saturated heterocycles. The van der Waals surface area contributed by atoms with E-state index in [2.05, 4.69) is 34.6 Å². The van der Waals surface area contributed by atoms with Gasteiger partial charge in [-0.25, -0.2) is 0 Å². The summed E-state index contributed by atoms with van der Waals surface area (Å²) in [6.45, 7) is 11.3. The van der Waals surface area contributed by atoms with Gasteiger partial charge in [-0.1, -0.05) is 34.6 Å². The average molecular weight is 172 g/mol. The molecule has 1 heteroatoms. The van der Waals surface area contributed by atoms with E-state index in [1.165, 1.54) is 6.42 Å². The van der Waals surface area contributed by atoms with E-state index in [1.807, 2.05) is 7.11 Å². The third-order valence-corrected chi connectivity index (χ3v) is 3.65. The minimum atomic E-state index is 0.0712. The fourth-order valence-electron chi connectivity index (χ4n) is 2.09. The molecule has 0 aliphatic carbocycles. The summed E-state index contributed by atoms with van der Waals surface area (Å²) < 4.78 is 5.69. The number of ether oxygens (including phenoxy) is 1. The van der Waals surface area contributed by atoms with E-state index in [9.17, 15) is 0 Å². The summed E-state index contributed by atoms with van der Waals surface area (Å²) in [5, 5.41) is 0. The van der Waals surface area contributed by atoms with Crippen molar-refractivity contribution in [2.24, 2.45) is 5.41 Å². The van der Waals surface area contributed by atoms with E-state index in [-0.39, 0.29) is 11.0 Å². The molecule has 0 rings (SSSR count). The first-order valence-corrected chi connectivity index (χ1v) is 5.04. The number of methoxy groups -OCH3 is 1. The van der Waals surface area contributed by atoms with Gasteiger partial charge in [-0.15, -0.1) is 0 Å². The van der Waals surface area contributed by atoms with Gasteiger partial charge in [-0.3, -0.25) is 0 Å². The van der Waals surface area contributed by atoms with Gasteiger partial charge in [0, 0.05) is 7.11 Å². The highest BCUT2D eigenvalue weighted by molar-refractivity contribution is 4.91. The van der Waals surface area contributed by atoms with Crippen LogP contribution in [-0.4, -0.2) is 12.7 Å². The molecule has 0 amide bonds. The third-order valence-electron chi connectivity index (χ3n) is 3.65. The number of rotatable bonds is 5. The van der Waals surface area contributed by atoms with Gasteiger partial charge >= 0.3 is 0 Å². The third kappa shape index (κ3) is 1.82. The molecule has 0 aromatic carbocycles.